The van der Waals surface area contributed by atoms with Crippen LogP contribution in [0.25, 0.3) is 44.5 Å². The molecule has 0 bridgehead atoms. The molecule has 1 aliphatic carbocycles. The lowest BCUT2D eigenvalue weighted by atomic mass is 9.55. The minimum Gasteiger partial charge on any atom is -0.355 e. The van der Waals surface area contributed by atoms with Crippen molar-refractivity contribution in [1.29, 1.82) is 0 Å². The molecule has 1 N–H and O–H groups in total. The van der Waals surface area contributed by atoms with Crippen LogP contribution >= 0.6 is 0 Å². The second kappa shape index (κ2) is 14.0. The Kier molecular flexibility index (Phi) is 8.53. The smallest absolute Gasteiger partial charge is 0.198 e. The summed E-state index contributed by atoms with van der Waals surface area (Å²) in [6, 6.07) is 65.4. The maximum absolute atomic E-state index is 3.95. The van der Waals surface area contributed by atoms with Crippen molar-refractivity contribution in [2.45, 2.75) is 57.8 Å². The van der Waals surface area contributed by atoms with Gasteiger partial charge in [-0.25, -0.2) is 0 Å². The first kappa shape index (κ1) is 36.5. The summed E-state index contributed by atoms with van der Waals surface area (Å²) in [5.41, 5.74) is 24.4. The maximum Gasteiger partial charge on any atom is 0.198 e. The van der Waals surface area contributed by atoms with Crippen LogP contribution in [0.5, 0.6) is 0 Å². The van der Waals surface area contributed by atoms with Crippen LogP contribution in [0, 0.1) is 0 Å². The normalized spacial score (nSPS) is 15.2. The van der Waals surface area contributed by atoms with Crippen molar-refractivity contribution >= 4 is 46.6 Å². The molecule has 60 heavy (non-hydrogen) atoms. The van der Waals surface area contributed by atoms with Crippen LogP contribution in [-0.2, 0) is 17.3 Å². The van der Waals surface area contributed by atoms with Gasteiger partial charge in [-0.2, -0.15) is 0 Å². The van der Waals surface area contributed by atoms with E-state index in [9.17, 15) is 0 Å². The first-order valence-corrected chi connectivity index (χ1v) is 21.7. The molecule has 3 aliphatic rings. The Labute approximate surface area is 355 Å². The molecule has 0 unspecified atom stereocenters. The Morgan fingerprint density at radius 2 is 1.13 bits per heavy atom. The zero-order chi connectivity index (χ0) is 40.6. The van der Waals surface area contributed by atoms with Crippen molar-refractivity contribution < 1.29 is 0 Å². The minimum absolute atomic E-state index is 0.146. The van der Waals surface area contributed by atoms with E-state index in [1.165, 1.54) is 108 Å². The predicted molar refractivity (Wildman–Crippen MR) is 257 cm³/mol. The molecule has 2 heterocycles. The fraction of sp³-hybridized carbons (Fsp3) is 0.158. The highest BCUT2D eigenvalue weighted by molar-refractivity contribution is 6.73. The lowest BCUT2D eigenvalue weighted by molar-refractivity contribution is 0.430. The molecule has 11 rings (SSSR count). The molecular weight excluding hydrogens is 723 g/mol. The van der Waals surface area contributed by atoms with E-state index < -0.39 is 0 Å². The fourth-order valence-corrected chi connectivity index (χ4v) is 10.5. The van der Waals surface area contributed by atoms with Crippen LogP contribution < -0.4 is 21.1 Å². The molecule has 0 fully saturated rings. The van der Waals surface area contributed by atoms with Crippen molar-refractivity contribution in [1.82, 2.24) is 0 Å². The first-order valence-electron chi connectivity index (χ1n) is 21.7. The molecule has 8 aromatic carbocycles. The molecule has 0 radical (unpaired) electrons. The molecule has 0 saturated carbocycles. The van der Waals surface area contributed by atoms with Gasteiger partial charge >= 0.3 is 0 Å². The van der Waals surface area contributed by atoms with E-state index in [1.807, 2.05) is 0 Å². The summed E-state index contributed by atoms with van der Waals surface area (Å²) in [5, 5.41) is 3.95. The zero-order valence-corrected chi connectivity index (χ0v) is 35.0. The van der Waals surface area contributed by atoms with Crippen molar-refractivity contribution in [3.63, 3.8) is 0 Å². The van der Waals surface area contributed by atoms with E-state index in [1.54, 1.807) is 0 Å². The summed E-state index contributed by atoms with van der Waals surface area (Å²) in [6.07, 6.45) is 3.58. The van der Waals surface area contributed by atoms with Crippen LogP contribution in [0.4, 0.5) is 28.4 Å². The Hall–Kier alpha value is -6.58. The molecule has 2 nitrogen and oxygen atoms in total. The molecule has 0 aromatic heterocycles. The van der Waals surface area contributed by atoms with Gasteiger partial charge in [0.05, 0.1) is 5.69 Å². The molecule has 0 saturated heterocycles. The third-order valence-electron chi connectivity index (χ3n) is 13.7. The monoisotopic (exact) mass is 772 g/mol. The van der Waals surface area contributed by atoms with Gasteiger partial charge in [-0.05, 0) is 134 Å². The molecule has 290 valence electrons. The van der Waals surface area contributed by atoms with Gasteiger partial charge in [0.2, 0.25) is 0 Å². The van der Waals surface area contributed by atoms with Gasteiger partial charge in [0.1, 0.15) is 0 Å². The Morgan fingerprint density at radius 1 is 0.500 bits per heavy atom. The number of hydrogen-bond acceptors (Lipinski definition) is 2. The van der Waals surface area contributed by atoms with Crippen molar-refractivity contribution in [2.24, 2.45) is 0 Å². The Balaban J connectivity index is 1.17. The van der Waals surface area contributed by atoms with Crippen molar-refractivity contribution in [2.75, 3.05) is 10.2 Å². The molecule has 3 heteroatoms. The van der Waals surface area contributed by atoms with Crippen LogP contribution in [-0.4, -0.2) is 7.28 Å². The fourth-order valence-electron chi connectivity index (χ4n) is 10.5. The van der Waals surface area contributed by atoms with E-state index in [0.717, 1.165) is 25.1 Å². The van der Waals surface area contributed by atoms with E-state index in [-0.39, 0.29) is 10.8 Å². The highest BCUT2D eigenvalue weighted by atomic mass is 15.2. The number of aryl methyl sites for hydroxylation is 1. The van der Waals surface area contributed by atoms with Crippen LogP contribution in [0.1, 0.15) is 62.8 Å². The second-order valence-electron chi connectivity index (χ2n) is 18.3. The second-order valence-corrected chi connectivity index (χ2v) is 18.3. The Bertz CT molecular complexity index is 2950. The third kappa shape index (κ3) is 6.02. The van der Waals surface area contributed by atoms with E-state index >= 15 is 0 Å². The van der Waals surface area contributed by atoms with Gasteiger partial charge in [0.15, 0.2) is 7.28 Å². The predicted octanol–water partition coefficient (Wildman–Crippen LogP) is 13.5. The van der Waals surface area contributed by atoms with Crippen molar-refractivity contribution in [3.8, 4) is 44.5 Å². The van der Waals surface area contributed by atoms with Gasteiger partial charge in [-0.15, -0.1) is 0 Å². The van der Waals surface area contributed by atoms with Crippen LogP contribution in [0.3, 0.4) is 0 Å². The largest absolute Gasteiger partial charge is 0.355 e. The van der Waals surface area contributed by atoms with Crippen molar-refractivity contribution in [3.05, 3.63) is 198 Å². The third-order valence-corrected chi connectivity index (χ3v) is 13.7. The average Bonchev–Trinajstić information content (AvgIpc) is 3.28. The summed E-state index contributed by atoms with van der Waals surface area (Å²) < 4.78 is 0. The van der Waals surface area contributed by atoms with Gasteiger partial charge in [-0.3, -0.25) is 0 Å². The van der Waals surface area contributed by atoms with Crippen LogP contribution in [0.2, 0.25) is 0 Å². The highest BCUT2D eigenvalue weighted by Crippen LogP contribution is 2.55. The van der Waals surface area contributed by atoms with Gasteiger partial charge in [0, 0.05) is 33.7 Å². The SMILES string of the molecule is CC1(C)CCCc2cc3c(cc21)C(C)(C)c1cccc2c1N3c1cc(-c3ccccc3)cc(-c3cc(-c4ccccc4)ccc3Nc3cccc(-c4ccccc4)c3)c1B2. The summed E-state index contributed by atoms with van der Waals surface area (Å²) in [4.78, 5) is 2.67. The topological polar surface area (TPSA) is 15.3 Å². The first-order chi connectivity index (χ1) is 29.2. The molecule has 0 amide bonds. The summed E-state index contributed by atoms with van der Waals surface area (Å²) in [6.45, 7) is 9.78. The standard InChI is InChI=1S/C57H49BN2/c1-56(2)30-16-24-42-34-52-49(36-48(42)56)57(3,4)47-26-15-27-50-55(47)60(52)53-35-43(39-21-12-7-13-22-39)33-46(54(53)58-50)45-32-41(38-19-10-6-11-20-38)28-29-51(45)59-44-25-14-23-40(31-44)37-17-8-5-9-18-37/h5-15,17-23,25-29,31-36,58-59H,16,24,30H2,1-4H3. The molecule has 0 spiro atoms. The average molecular weight is 773 g/mol. The van der Waals surface area contributed by atoms with E-state index in [2.05, 4.69) is 214 Å². The number of fused-ring (bicyclic) bond motifs is 5. The zero-order valence-electron chi connectivity index (χ0n) is 35.0. The minimum atomic E-state index is -0.146. The van der Waals surface area contributed by atoms with E-state index in [0.29, 0.717) is 0 Å². The maximum atomic E-state index is 3.95. The highest BCUT2D eigenvalue weighted by Gasteiger charge is 2.43. The number of hydrogen-bond donors (Lipinski definition) is 1. The molecular formula is C57H49BN2. The number of benzene rings is 8. The van der Waals surface area contributed by atoms with E-state index in [4.69, 9.17) is 0 Å². The quantitative estimate of drug-likeness (QED) is 0.169. The van der Waals surface area contributed by atoms with Crippen LogP contribution in [0.15, 0.2) is 176 Å². The lowest BCUT2D eigenvalue weighted by Gasteiger charge is -2.47. The number of nitrogens with zero attached hydrogens (tertiary/aromatic N) is 1. The summed E-state index contributed by atoms with van der Waals surface area (Å²) in [7, 11) is 0.849. The van der Waals surface area contributed by atoms with Gasteiger partial charge in [-0.1, -0.05) is 167 Å². The number of nitrogens with one attached hydrogen (secondary N) is 1. The number of para-hydroxylation sites is 1. The lowest BCUT2D eigenvalue weighted by Crippen LogP contribution is -2.45. The molecule has 8 aromatic rings. The summed E-state index contributed by atoms with van der Waals surface area (Å²) >= 11 is 0. The number of anilines is 5. The molecule has 2 aliphatic heterocycles. The molecule has 0 atom stereocenters. The summed E-state index contributed by atoms with van der Waals surface area (Å²) in [5.74, 6) is 0. The van der Waals surface area contributed by atoms with Gasteiger partial charge in [0.25, 0.3) is 0 Å². The Morgan fingerprint density at radius 3 is 1.85 bits per heavy atom. The number of rotatable bonds is 6. The van der Waals surface area contributed by atoms with Gasteiger partial charge < -0.3 is 10.2 Å².